The molecule has 1 spiro atoms. The number of carbonyl (C=O) groups is 1. The molecule has 2 fully saturated rings. The summed E-state index contributed by atoms with van der Waals surface area (Å²) in [6, 6.07) is 12.2. The first-order valence-corrected chi connectivity index (χ1v) is 13.6. The molecule has 3 aromatic rings. The summed E-state index contributed by atoms with van der Waals surface area (Å²) in [5.74, 6) is -0.471. The third-order valence-corrected chi connectivity index (χ3v) is 9.70. The molecule has 0 radical (unpaired) electrons. The van der Waals surface area contributed by atoms with E-state index in [1.165, 1.54) is 5.56 Å². The molecule has 3 aliphatic rings. The molecule has 2 aliphatic carbocycles. The van der Waals surface area contributed by atoms with Crippen molar-refractivity contribution in [3.05, 3.63) is 60.0 Å². The zero-order valence-corrected chi connectivity index (χ0v) is 20.6. The van der Waals surface area contributed by atoms with Gasteiger partial charge < -0.3 is 15.5 Å². The van der Waals surface area contributed by atoms with Crippen LogP contribution < -0.4 is 15.5 Å². The largest absolute Gasteiger partial charge is 0.338 e. The molecular formula is C26H26FN5O3S. The van der Waals surface area contributed by atoms with Crippen molar-refractivity contribution in [3.8, 4) is 0 Å². The molecule has 10 heteroatoms. The fourth-order valence-corrected chi connectivity index (χ4v) is 6.80. The van der Waals surface area contributed by atoms with Gasteiger partial charge in [0.1, 0.15) is 0 Å². The highest BCUT2D eigenvalue weighted by molar-refractivity contribution is 7.92. The predicted octanol–water partition coefficient (Wildman–Crippen LogP) is 4.83. The predicted molar refractivity (Wildman–Crippen MR) is 135 cm³/mol. The summed E-state index contributed by atoms with van der Waals surface area (Å²) in [4.78, 5) is 22.6. The van der Waals surface area contributed by atoms with Crippen molar-refractivity contribution in [2.75, 3.05) is 22.1 Å². The number of hydrogen-bond acceptors (Lipinski definition) is 7. The van der Waals surface area contributed by atoms with E-state index in [0.29, 0.717) is 30.8 Å². The van der Waals surface area contributed by atoms with Gasteiger partial charge in [-0.3, -0.25) is 4.79 Å². The fourth-order valence-electron chi connectivity index (χ4n) is 5.15. The summed E-state index contributed by atoms with van der Waals surface area (Å²) in [5, 5.41) is 5.74. The third-order valence-electron chi connectivity index (χ3n) is 7.42. The average molecular weight is 508 g/mol. The molecular weight excluding hydrogens is 481 g/mol. The number of fused-ring (bicyclic) bond motifs is 2. The Morgan fingerprint density at radius 3 is 2.44 bits per heavy atom. The number of nitrogens with one attached hydrogen (secondary N) is 2. The van der Waals surface area contributed by atoms with Crippen molar-refractivity contribution in [2.45, 2.75) is 54.6 Å². The van der Waals surface area contributed by atoms with Gasteiger partial charge in [0.25, 0.3) is 0 Å². The Labute approximate surface area is 208 Å². The van der Waals surface area contributed by atoms with Gasteiger partial charge in [-0.05, 0) is 67.6 Å². The van der Waals surface area contributed by atoms with Gasteiger partial charge in [-0.2, -0.15) is 4.98 Å². The number of sulfone groups is 1. The second kappa shape index (κ2) is 8.26. The Bertz CT molecular complexity index is 1470. The second-order valence-electron chi connectivity index (χ2n) is 9.88. The van der Waals surface area contributed by atoms with Gasteiger partial charge >= 0.3 is 0 Å². The van der Waals surface area contributed by atoms with Crippen molar-refractivity contribution >= 4 is 44.6 Å². The van der Waals surface area contributed by atoms with E-state index in [1.54, 1.807) is 36.1 Å². The van der Waals surface area contributed by atoms with Crippen LogP contribution in [0, 0.1) is 5.82 Å². The first-order chi connectivity index (χ1) is 17.2. The number of hydrogen-bond donors (Lipinski definition) is 2. The molecule has 8 nitrogen and oxygen atoms in total. The van der Waals surface area contributed by atoms with E-state index in [0.717, 1.165) is 31.1 Å². The Balaban J connectivity index is 1.22. The van der Waals surface area contributed by atoms with E-state index in [9.17, 15) is 17.6 Å². The molecule has 186 valence electrons. The van der Waals surface area contributed by atoms with Gasteiger partial charge in [-0.1, -0.05) is 12.5 Å². The summed E-state index contributed by atoms with van der Waals surface area (Å²) >= 11 is 0. The fraction of sp³-hybridized carbons (Fsp3) is 0.346. The minimum absolute atomic E-state index is 0.00664. The van der Waals surface area contributed by atoms with Crippen molar-refractivity contribution in [1.29, 1.82) is 0 Å². The zero-order valence-electron chi connectivity index (χ0n) is 19.8. The lowest BCUT2D eigenvalue weighted by molar-refractivity contribution is -0.116. The van der Waals surface area contributed by atoms with Crippen LogP contribution in [0.2, 0.25) is 0 Å². The molecule has 6 rings (SSSR count). The first kappa shape index (κ1) is 22.9. The van der Waals surface area contributed by atoms with Crippen LogP contribution >= 0.6 is 0 Å². The van der Waals surface area contributed by atoms with Crippen molar-refractivity contribution in [2.24, 2.45) is 0 Å². The molecule has 0 saturated heterocycles. The molecule has 1 aliphatic heterocycles. The summed E-state index contributed by atoms with van der Waals surface area (Å²) in [5.41, 5.74) is 3.29. The number of benzene rings is 2. The van der Waals surface area contributed by atoms with Crippen LogP contribution in [0.5, 0.6) is 0 Å². The van der Waals surface area contributed by atoms with Crippen molar-refractivity contribution < 1.29 is 17.6 Å². The number of rotatable bonds is 6. The number of carbonyl (C=O) groups excluding carboxylic acids is 1. The van der Waals surface area contributed by atoms with E-state index in [4.69, 9.17) is 0 Å². The molecule has 0 unspecified atom stereocenters. The normalized spacial score (nSPS) is 18.0. The summed E-state index contributed by atoms with van der Waals surface area (Å²) < 4.78 is 39.4. The van der Waals surface area contributed by atoms with Crippen LogP contribution in [0.1, 0.15) is 44.6 Å². The maximum Gasteiger partial charge on any atom is 0.229 e. The quantitative estimate of drug-likeness (QED) is 0.493. The maximum absolute atomic E-state index is 14.6. The first-order valence-electron chi connectivity index (χ1n) is 12.1. The summed E-state index contributed by atoms with van der Waals surface area (Å²) in [7, 11) is -3.26. The van der Waals surface area contributed by atoms with Crippen molar-refractivity contribution in [3.63, 3.8) is 0 Å². The monoisotopic (exact) mass is 507 g/mol. The molecule has 1 aromatic heterocycles. The summed E-state index contributed by atoms with van der Waals surface area (Å²) in [6.07, 6.45) is 5.78. The highest BCUT2D eigenvalue weighted by Gasteiger charge is 2.47. The van der Waals surface area contributed by atoms with E-state index < -0.39 is 15.7 Å². The standard InChI is InChI=1S/C26H26FN5O3S/c1-16(33)32-15-26(11-2-12-26)21-10-5-18(13-23(21)32)29-24-22(27)14-28-25(31-24)30-17-3-6-19(7-4-17)36(34,35)20-8-9-20/h3-7,10,13-14,20H,2,8-9,11-12,15H2,1H3,(H2,28,29,30,31). The lowest BCUT2D eigenvalue weighted by Crippen LogP contribution is -2.40. The van der Waals surface area contributed by atoms with Crippen LogP contribution in [0.4, 0.5) is 33.2 Å². The Morgan fingerprint density at radius 2 is 1.81 bits per heavy atom. The minimum Gasteiger partial charge on any atom is -0.338 e. The van der Waals surface area contributed by atoms with E-state index in [-0.39, 0.29) is 33.2 Å². The van der Waals surface area contributed by atoms with Gasteiger partial charge in [0, 0.05) is 35.9 Å². The van der Waals surface area contributed by atoms with Gasteiger partial charge in [0.05, 0.1) is 16.3 Å². The molecule has 0 bridgehead atoms. The van der Waals surface area contributed by atoms with E-state index in [1.807, 2.05) is 18.2 Å². The number of aromatic nitrogens is 2. The number of anilines is 5. The highest BCUT2D eigenvalue weighted by Crippen LogP contribution is 2.53. The smallest absolute Gasteiger partial charge is 0.229 e. The molecule has 2 aromatic carbocycles. The van der Waals surface area contributed by atoms with Gasteiger partial charge in [-0.25, -0.2) is 17.8 Å². The van der Waals surface area contributed by atoms with Crippen LogP contribution in [0.25, 0.3) is 0 Å². The topological polar surface area (TPSA) is 104 Å². The number of amides is 1. The molecule has 36 heavy (non-hydrogen) atoms. The average Bonchev–Trinajstić information content (AvgIpc) is 3.63. The van der Waals surface area contributed by atoms with Crippen molar-refractivity contribution in [1.82, 2.24) is 9.97 Å². The van der Waals surface area contributed by atoms with E-state index >= 15 is 0 Å². The molecule has 2 N–H and O–H groups in total. The van der Waals surface area contributed by atoms with Crippen LogP contribution in [0.3, 0.4) is 0 Å². The molecule has 2 saturated carbocycles. The third kappa shape index (κ3) is 3.89. The highest BCUT2D eigenvalue weighted by atomic mass is 32.2. The Morgan fingerprint density at radius 1 is 1.08 bits per heavy atom. The van der Waals surface area contributed by atoms with E-state index in [2.05, 4.69) is 20.6 Å². The van der Waals surface area contributed by atoms with Gasteiger partial charge in [0.15, 0.2) is 21.5 Å². The zero-order chi connectivity index (χ0) is 25.1. The molecule has 0 atom stereocenters. The second-order valence-corrected chi connectivity index (χ2v) is 12.1. The maximum atomic E-state index is 14.6. The molecule has 2 heterocycles. The molecule has 1 amide bonds. The van der Waals surface area contributed by atoms with Gasteiger partial charge in [-0.15, -0.1) is 0 Å². The van der Waals surface area contributed by atoms with Crippen LogP contribution in [-0.2, 0) is 20.0 Å². The van der Waals surface area contributed by atoms with Gasteiger partial charge in [0.2, 0.25) is 11.9 Å². The van der Waals surface area contributed by atoms with Crippen LogP contribution in [0.15, 0.2) is 53.6 Å². The SMILES string of the molecule is CC(=O)N1CC2(CCC2)c2ccc(Nc3nc(Nc4ccc(S(=O)(=O)C5CC5)cc4)ncc3F)cc21. The minimum atomic E-state index is -3.26. The lowest BCUT2D eigenvalue weighted by atomic mass is 9.66. The Hall–Kier alpha value is -3.53. The lowest BCUT2D eigenvalue weighted by Gasteiger charge is -2.38. The van der Waals surface area contributed by atoms with Crippen LogP contribution in [-0.4, -0.2) is 36.1 Å². The number of nitrogens with zero attached hydrogens (tertiary/aromatic N) is 3. The Kier molecular flexibility index (Phi) is 5.26. The summed E-state index contributed by atoms with van der Waals surface area (Å²) in [6.45, 7) is 2.26. The number of halogens is 1.